The Morgan fingerprint density at radius 2 is 1.82 bits per heavy atom. The number of rotatable bonds is 10. The van der Waals surface area contributed by atoms with Gasteiger partial charge in [0.1, 0.15) is 0 Å². The molecule has 124 valence electrons. The van der Waals surface area contributed by atoms with E-state index >= 15 is 0 Å². The van der Waals surface area contributed by atoms with Crippen molar-refractivity contribution in [3.63, 3.8) is 0 Å². The molecule has 0 heterocycles. The van der Waals surface area contributed by atoms with Crippen LogP contribution in [0.4, 0.5) is 0 Å². The van der Waals surface area contributed by atoms with Gasteiger partial charge in [-0.15, -0.1) is 0 Å². The third kappa shape index (κ3) is 8.00. The van der Waals surface area contributed by atoms with Crippen LogP contribution in [0.1, 0.15) is 31.4 Å². The smallest absolute Gasteiger partial charge is 0.191 e. The monoisotopic (exact) mass is 307 g/mol. The van der Waals surface area contributed by atoms with Crippen molar-refractivity contribution in [1.29, 1.82) is 0 Å². The topological polar surface area (TPSA) is 54.9 Å². The Kier molecular flexibility index (Phi) is 10.1. The van der Waals surface area contributed by atoms with Gasteiger partial charge in [-0.25, -0.2) is 4.99 Å². The van der Waals surface area contributed by atoms with E-state index in [0.717, 1.165) is 38.7 Å². The molecule has 0 aliphatic carbocycles. The van der Waals surface area contributed by atoms with Gasteiger partial charge in [-0.05, 0) is 31.4 Å². The quantitative estimate of drug-likeness (QED) is 0.396. The molecule has 0 unspecified atom stereocenters. The lowest BCUT2D eigenvalue weighted by Gasteiger charge is -2.11. The molecule has 0 saturated carbocycles. The maximum Gasteiger partial charge on any atom is 0.191 e. The van der Waals surface area contributed by atoms with Gasteiger partial charge in [-0.3, -0.25) is 0 Å². The zero-order valence-corrected chi connectivity index (χ0v) is 14.0. The second-order valence-electron chi connectivity index (χ2n) is 4.92. The van der Waals surface area contributed by atoms with Crippen LogP contribution in [0.15, 0.2) is 29.3 Å². The molecule has 0 bridgehead atoms. The predicted molar refractivity (Wildman–Crippen MR) is 91.1 cm³/mol. The van der Waals surface area contributed by atoms with Gasteiger partial charge in [-0.1, -0.05) is 24.3 Å². The van der Waals surface area contributed by atoms with Gasteiger partial charge < -0.3 is 20.1 Å². The molecular formula is C17H29N3O2. The molecular weight excluding hydrogens is 278 g/mol. The zero-order valence-electron chi connectivity index (χ0n) is 14.0. The molecule has 0 aliphatic rings. The van der Waals surface area contributed by atoms with E-state index in [9.17, 15) is 0 Å². The van der Waals surface area contributed by atoms with Crippen LogP contribution in [0.3, 0.4) is 0 Å². The molecule has 5 nitrogen and oxygen atoms in total. The van der Waals surface area contributed by atoms with Gasteiger partial charge in [0.05, 0.1) is 13.2 Å². The van der Waals surface area contributed by atoms with Crippen molar-refractivity contribution in [2.75, 3.05) is 33.4 Å². The van der Waals surface area contributed by atoms with Crippen LogP contribution in [-0.2, 0) is 22.6 Å². The average molecular weight is 307 g/mol. The van der Waals surface area contributed by atoms with Gasteiger partial charge in [-0.2, -0.15) is 0 Å². The number of nitrogens with zero attached hydrogens (tertiary/aromatic N) is 1. The van der Waals surface area contributed by atoms with E-state index in [0.29, 0.717) is 13.2 Å². The SMILES string of the molecule is CCNC(=NCc1ccc(COCC)cc1)NCCCOC. The largest absolute Gasteiger partial charge is 0.385 e. The van der Waals surface area contributed by atoms with Crippen LogP contribution in [0.2, 0.25) is 0 Å². The van der Waals surface area contributed by atoms with Crippen molar-refractivity contribution in [2.24, 2.45) is 4.99 Å². The van der Waals surface area contributed by atoms with Gasteiger partial charge in [0.2, 0.25) is 0 Å². The van der Waals surface area contributed by atoms with E-state index in [1.54, 1.807) is 7.11 Å². The van der Waals surface area contributed by atoms with E-state index in [2.05, 4.69) is 46.8 Å². The number of nitrogens with one attached hydrogen (secondary N) is 2. The van der Waals surface area contributed by atoms with Gasteiger partial charge in [0, 0.05) is 33.4 Å². The number of methoxy groups -OCH3 is 1. The molecule has 0 atom stereocenters. The first kappa shape index (κ1) is 18.5. The fourth-order valence-electron chi connectivity index (χ4n) is 1.90. The van der Waals surface area contributed by atoms with E-state index in [1.807, 2.05) is 6.92 Å². The highest BCUT2D eigenvalue weighted by atomic mass is 16.5. The first-order valence-electron chi connectivity index (χ1n) is 7.96. The highest BCUT2D eigenvalue weighted by molar-refractivity contribution is 5.79. The number of guanidine groups is 1. The summed E-state index contributed by atoms with van der Waals surface area (Å²) in [6, 6.07) is 8.40. The molecule has 0 fully saturated rings. The van der Waals surface area contributed by atoms with Crippen molar-refractivity contribution in [3.8, 4) is 0 Å². The summed E-state index contributed by atoms with van der Waals surface area (Å²) in [7, 11) is 1.72. The van der Waals surface area contributed by atoms with Crippen molar-refractivity contribution in [3.05, 3.63) is 35.4 Å². The highest BCUT2D eigenvalue weighted by Gasteiger charge is 1.98. The fourth-order valence-corrected chi connectivity index (χ4v) is 1.90. The molecule has 0 aliphatic heterocycles. The van der Waals surface area contributed by atoms with Crippen molar-refractivity contribution in [2.45, 2.75) is 33.4 Å². The Hall–Kier alpha value is -1.59. The summed E-state index contributed by atoms with van der Waals surface area (Å²) in [5.74, 6) is 0.844. The summed E-state index contributed by atoms with van der Waals surface area (Å²) in [6.07, 6.45) is 0.965. The van der Waals surface area contributed by atoms with E-state index in [-0.39, 0.29) is 0 Å². The van der Waals surface area contributed by atoms with Crippen LogP contribution in [0.5, 0.6) is 0 Å². The Morgan fingerprint density at radius 1 is 1.09 bits per heavy atom. The van der Waals surface area contributed by atoms with Crippen LogP contribution < -0.4 is 10.6 Å². The first-order chi connectivity index (χ1) is 10.8. The zero-order chi connectivity index (χ0) is 16.0. The summed E-state index contributed by atoms with van der Waals surface area (Å²) < 4.78 is 10.4. The molecule has 0 spiro atoms. The second kappa shape index (κ2) is 12.0. The average Bonchev–Trinajstić information content (AvgIpc) is 2.55. The first-order valence-corrected chi connectivity index (χ1v) is 7.96. The number of benzene rings is 1. The van der Waals surface area contributed by atoms with Gasteiger partial charge in [0.15, 0.2) is 5.96 Å². The minimum absolute atomic E-state index is 0.661. The Morgan fingerprint density at radius 3 is 2.45 bits per heavy atom. The number of aliphatic imine (C=N–C) groups is 1. The predicted octanol–water partition coefficient (Wildman–Crippen LogP) is 2.31. The van der Waals surface area contributed by atoms with Crippen LogP contribution in [0.25, 0.3) is 0 Å². The Balaban J connectivity index is 2.46. The standard InChI is InChI=1S/C17H29N3O2/c1-4-18-17(19-11-6-12-21-3)20-13-15-7-9-16(10-8-15)14-22-5-2/h7-10H,4-6,11-14H2,1-3H3,(H2,18,19,20). The van der Waals surface area contributed by atoms with Crippen LogP contribution in [0, 0.1) is 0 Å². The maximum absolute atomic E-state index is 5.40. The number of hydrogen-bond acceptors (Lipinski definition) is 3. The lowest BCUT2D eigenvalue weighted by atomic mass is 10.1. The summed E-state index contributed by atoms with van der Waals surface area (Å²) >= 11 is 0. The molecule has 1 aromatic rings. The summed E-state index contributed by atoms with van der Waals surface area (Å²) in [6.45, 7) is 8.61. The Labute approximate surface area is 134 Å². The highest BCUT2D eigenvalue weighted by Crippen LogP contribution is 2.07. The molecule has 0 aromatic heterocycles. The fraction of sp³-hybridized carbons (Fsp3) is 0.588. The van der Waals surface area contributed by atoms with Gasteiger partial charge in [0.25, 0.3) is 0 Å². The summed E-state index contributed by atoms with van der Waals surface area (Å²) in [5.41, 5.74) is 2.38. The Bertz CT molecular complexity index is 418. The lowest BCUT2D eigenvalue weighted by molar-refractivity contribution is 0.134. The lowest BCUT2D eigenvalue weighted by Crippen LogP contribution is -2.38. The maximum atomic E-state index is 5.40. The van der Waals surface area contributed by atoms with E-state index in [1.165, 1.54) is 11.1 Å². The second-order valence-corrected chi connectivity index (χ2v) is 4.92. The molecule has 5 heteroatoms. The van der Waals surface area contributed by atoms with Gasteiger partial charge >= 0.3 is 0 Å². The number of ether oxygens (including phenoxy) is 2. The molecule has 0 saturated heterocycles. The molecule has 1 rings (SSSR count). The van der Waals surface area contributed by atoms with E-state index in [4.69, 9.17) is 9.47 Å². The van der Waals surface area contributed by atoms with Crippen molar-refractivity contribution in [1.82, 2.24) is 10.6 Å². The molecule has 1 aromatic carbocycles. The minimum atomic E-state index is 0.661. The molecule has 0 radical (unpaired) electrons. The van der Waals surface area contributed by atoms with Crippen molar-refractivity contribution >= 4 is 5.96 Å². The third-order valence-electron chi connectivity index (χ3n) is 3.08. The molecule has 2 N–H and O–H groups in total. The normalized spacial score (nSPS) is 11.5. The third-order valence-corrected chi connectivity index (χ3v) is 3.08. The van der Waals surface area contributed by atoms with Crippen LogP contribution in [-0.4, -0.2) is 39.4 Å². The summed E-state index contributed by atoms with van der Waals surface area (Å²) in [5, 5.41) is 6.55. The van der Waals surface area contributed by atoms with Crippen molar-refractivity contribution < 1.29 is 9.47 Å². The minimum Gasteiger partial charge on any atom is -0.385 e. The molecule has 22 heavy (non-hydrogen) atoms. The molecule has 0 amide bonds. The van der Waals surface area contributed by atoms with Crippen LogP contribution >= 0.6 is 0 Å². The summed E-state index contributed by atoms with van der Waals surface area (Å²) in [4.78, 5) is 4.60. The number of hydrogen-bond donors (Lipinski definition) is 2. The van der Waals surface area contributed by atoms with E-state index < -0.39 is 0 Å².